The summed E-state index contributed by atoms with van der Waals surface area (Å²) in [5.74, 6) is 0.834. The van der Waals surface area contributed by atoms with Gasteiger partial charge < -0.3 is 14.7 Å². The van der Waals surface area contributed by atoms with Gasteiger partial charge in [0.05, 0.1) is 0 Å². The van der Waals surface area contributed by atoms with Gasteiger partial charge >= 0.3 is 0 Å². The van der Waals surface area contributed by atoms with Crippen LogP contribution in [0.25, 0.3) is 0 Å². The minimum atomic E-state index is -0.493. The average Bonchev–Trinajstić information content (AvgIpc) is 2.68. The van der Waals surface area contributed by atoms with Gasteiger partial charge in [-0.15, -0.1) is 6.58 Å². The predicted molar refractivity (Wildman–Crippen MR) is 112 cm³/mol. The molecular weight excluding hydrogens is 336 g/mol. The fourth-order valence-electron chi connectivity index (χ4n) is 3.52. The first-order valence-electron chi connectivity index (χ1n) is 9.69. The zero-order chi connectivity index (χ0) is 19.1. The highest BCUT2D eigenvalue weighted by Crippen LogP contribution is 2.20. The number of β-amino-alcohol motifs (C(OH)–C–C–N with tert-alkyl or cyclic N) is 1. The van der Waals surface area contributed by atoms with Crippen LogP contribution in [0.4, 0.5) is 5.69 Å². The second kappa shape index (κ2) is 9.58. The van der Waals surface area contributed by atoms with Crippen molar-refractivity contribution in [1.82, 2.24) is 4.90 Å². The predicted octanol–water partition coefficient (Wildman–Crippen LogP) is 3.29. The summed E-state index contributed by atoms with van der Waals surface area (Å²) < 4.78 is 5.86. The molecule has 1 aliphatic rings. The number of piperazine rings is 1. The van der Waals surface area contributed by atoms with Crippen molar-refractivity contribution in [3.63, 3.8) is 0 Å². The topological polar surface area (TPSA) is 35.9 Å². The quantitative estimate of drug-likeness (QED) is 0.728. The molecule has 0 bridgehead atoms. The molecule has 1 heterocycles. The molecule has 3 rings (SSSR count). The Morgan fingerprint density at radius 2 is 1.89 bits per heavy atom. The van der Waals surface area contributed by atoms with Gasteiger partial charge in [-0.1, -0.05) is 36.4 Å². The van der Waals surface area contributed by atoms with Crippen molar-refractivity contribution in [2.24, 2.45) is 0 Å². The Balaban J connectivity index is 1.44. The van der Waals surface area contributed by atoms with Crippen LogP contribution in [0, 0.1) is 6.92 Å². The third kappa shape index (κ3) is 5.59. The van der Waals surface area contributed by atoms with E-state index >= 15 is 0 Å². The summed E-state index contributed by atoms with van der Waals surface area (Å²) in [7, 11) is 0. The maximum atomic E-state index is 10.4. The Labute approximate surface area is 162 Å². The van der Waals surface area contributed by atoms with Crippen molar-refractivity contribution in [1.29, 1.82) is 0 Å². The average molecular weight is 367 g/mol. The van der Waals surface area contributed by atoms with Crippen molar-refractivity contribution in [2.45, 2.75) is 19.4 Å². The van der Waals surface area contributed by atoms with Gasteiger partial charge in [0.1, 0.15) is 18.5 Å². The molecule has 0 aromatic heterocycles. The second-order valence-electron chi connectivity index (χ2n) is 7.19. The standard InChI is InChI=1S/C23H30N2O2/c1-3-7-20-9-4-5-11-23(20)27-18-22(26)17-24-12-14-25(15-13-24)21-10-6-8-19(2)16-21/h3-6,8-11,16,22,26H,1,7,12-15,17-18H2,2H3. The third-order valence-electron chi connectivity index (χ3n) is 4.98. The van der Waals surface area contributed by atoms with Crippen molar-refractivity contribution in [3.05, 3.63) is 72.3 Å². The molecule has 144 valence electrons. The number of nitrogens with zero attached hydrogens (tertiary/aromatic N) is 2. The van der Waals surface area contributed by atoms with Crippen molar-refractivity contribution < 1.29 is 9.84 Å². The van der Waals surface area contributed by atoms with E-state index in [0.717, 1.165) is 43.9 Å². The smallest absolute Gasteiger partial charge is 0.122 e. The maximum Gasteiger partial charge on any atom is 0.122 e. The molecule has 2 aromatic carbocycles. The van der Waals surface area contributed by atoms with Crippen LogP contribution in [-0.2, 0) is 6.42 Å². The first-order chi connectivity index (χ1) is 13.2. The van der Waals surface area contributed by atoms with E-state index in [0.29, 0.717) is 13.2 Å². The van der Waals surface area contributed by atoms with E-state index in [2.05, 4.69) is 47.6 Å². The Morgan fingerprint density at radius 3 is 2.63 bits per heavy atom. The fourth-order valence-corrected chi connectivity index (χ4v) is 3.52. The molecule has 1 N–H and O–H groups in total. The first-order valence-corrected chi connectivity index (χ1v) is 9.69. The van der Waals surface area contributed by atoms with E-state index in [9.17, 15) is 5.11 Å². The number of para-hydroxylation sites is 1. The van der Waals surface area contributed by atoms with Crippen LogP contribution < -0.4 is 9.64 Å². The zero-order valence-electron chi connectivity index (χ0n) is 16.2. The monoisotopic (exact) mass is 366 g/mol. The van der Waals surface area contributed by atoms with Gasteiger partial charge in [0.15, 0.2) is 0 Å². The Morgan fingerprint density at radius 1 is 1.11 bits per heavy atom. The molecule has 0 spiro atoms. The lowest BCUT2D eigenvalue weighted by atomic mass is 10.1. The van der Waals surface area contributed by atoms with Crippen LogP contribution in [0.15, 0.2) is 61.2 Å². The molecule has 1 fully saturated rings. The lowest BCUT2D eigenvalue weighted by Gasteiger charge is -2.37. The molecule has 0 amide bonds. The highest BCUT2D eigenvalue weighted by molar-refractivity contribution is 5.48. The van der Waals surface area contributed by atoms with Crippen molar-refractivity contribution in [2.75, 3.05) is 44.2 Å². The summed E-state index contributed by atoms with van der Waals surface area (Å²) in [5, 5.41) is 10.4. The van der Waals surface area contributed by atoms with Gasteiger partial charge in [0, 0.05) is 38.4 Å². The van der Waals surface area contributed by atoms with Crippen LogP contribution in [0.1, 0.15) is 11.1 Å². The molecule has 0 radical (unpaired) electrons. The Hall–Kier alpha value is -2.30. The first kappa shape index (κ1) is 19.5. The maximum absolute atomic E-state index is 10.4. The summed E-state index contributed by atoms with van der Waals surface area (Å²) in [4.78, 5) is 4.73. The van der Waals surface area contributed by atoms with Gasteiger partial charge in [-0.05, 0) is 42.7 Å². The minimum absolute atomic E-state index is 0.312. The fraction of sp³-hybridized carbons (Fsp3) is 0.391. The van der Waals surface area contributed by atoms with E-state index < -0.39 is 6.10 Å². The molecule has 1 aliphatic heterocycles. The summed E-state index contributed by atoms with van der Waals surface area (Å²) in [5.41, 5.74) is 3.68. The molecule has 0 aliphatic carbocycles. The van der Waals surface area contributed by atoms with Crippen molar-refractivity contribution in [3.8, 4) is 5.75 Å². The molecule has 2 aromatic rings. The Kier molecular flexibility index (Phi) is 6.91. The van der Waals surface area contributed by atoms with Crippen LogP contribution >= 0.6 is 0 Å². The van der Waals surface area contributed by atoms with Crippen LogP contribution in [0.5, 0.6) is 5.75 Å². The molecule has 4 nitrogen and oxygen atoms in total. The normalized spacial score (nSPS) is 16.1. The van der Waals surface area contributed by atoms with Gasteiger partial charge in [-0.3, -0.25) is 4.90 Å². The number of aliphatic hydroxyl groups excluding tert-OH is 1. The van der Waals surface area contributed by atoms with E-state index in [1.165, 1.54) is 11.3 Å². The SMILES string of the molecule is C=CCc1ccccc1OCC(O)CN1CCN(c2cccc(C)c2)CC1. The van der Waals surface area contributed by atoms with Crippen LogP contribution in [0.3, 0.4) is 0 Å². The van der Waals surface area contributed by atoms with Crippen LogP contribution in [0.2, 0.25) is 0 Å². The second-order valence-corrected chi connectivity index (χ2v) is 7.19. The van der Waals surface area contributed by atoms with Gasteiger partial charge in [0.25, 0.3) is 0 Å². The number of benzene rings is 2. The summed E-state index contributed by atoms with van der Waals surface area (Å²) in [6.45, 7) is 10.8. The molecule has 1 unspecified atom stereocenters. The number of aliphatic hydroxyl groups is 1. The highest BCUT2D eigenvalue weighted by atomic mass is 16.5. The van der Waals surface area contributed by atoms with E-state index in [-0.39, 0.29) is 0 Å². The zero-order valence-corrected chi connectivity index (χ0v) is 16.2. The lowest BCUT2D eigenvalue weighted by molar-refractivity contribution is 0.0660. The number of hydrogen-bond acceptors (Lipinski definition) is 4. The van der Waals surface area contributed by atoms with Gasteiger partial charge in [0.2, 0.25) is 0 Å². The van der Waals surface area contributed by atoms with Gasteiger partial charge in [-0.2, -0.15) is 0 Å². The van der Waals surface area contributed by atoms with E-state index in [1.807, 2.05) is 30.3 Å². The van der Waals surface area contributed by atoms with E-state index in [1.54, 1.807) is 0 Å². The molecule has 4 heteroatoms. The largest absolute Gasteiger partial charge is 0.491 e. The number of hydrogen-bond donors (Lipinski definition) is 1. The summed E-state index contributed by atoms with van der Waals surface area (Å²) in [6.07, 6.45) is 2.15. The summed E-state index contributed by atoms with van der Waals surface area (Å²) >= 11 is 0. The number of rotatable bonds is 8. The molecule has 1 saturated heterocycles. The van der Waals surface area contributed by atoms with E-state index in [4.69, 9.17) is 4.74 Å². The molecule has 27 heavy (non-hydrogen) atoms. The summed E-state index contributed by atoms with van der Waals surface area (Å²) in [6, 6.07) is 16.6. The Bertz CT molecular complexity index is 739. The number of allylic oxidation sites excluding steroid dienone is 1. The number of ether oxygens (including phenoxy) is 1. The lowest BCUT2D eigenvalue weighted by Crippen LogP contribution is -2.49. The number of anilines is 1. The number of aryl methyl sites for hydroxylation is 1. The molecule has 0 saturated carbocycles. The molecule has 1 atom stereocenters. The minimum Gasteiger partial charge on any atom is -0.491 e. The van der Waals surface area contributed by atoms with Gasteiger partial charge in [-0.25, -0.2) is 0 Å². The molecular formula is C23H30N2O2. The van der Waals surface area contributed by atoms with Crippen LogP contribution in [-0.4, -0.2) is 55.4 Å². The highest BCUT2D eigenvalue weighted by Gasteiger charge is 2.20. The third-order valence-corrected chi connectivity index (χ3v) is 4.98. The van der Waals surface area contributed by atoms with Crippen molar-refractivity contribution >= 4 is 5.69 Å².